The molecule has 5 nitrogen and oxygen atoms in total. The van der Waals surface area contributed by atoms with Crippen molar-refractivity contribution in [1.82, 2.24) is 15.5 Å². The highest BCUT2D eigenvalue weighted by Gasteiger charge is 2.13. The quantitative estimate of drug-likeness (QED) is 0.761. The Morgan fingerprint density at radius 3 is 2.17 bits per heavy atom. The van der Waals surface area contributed by atoms with Crippen molar-refractivity contribution in [3.05, 3.63) is 35.4 Å². The second-order valence-corrected chi connectivity index (χ2v) is 5.35. The molecule has 1 atom stereocenters. The average molecular weight is 342 g/mol. The number of nitrogens with zero attached hydrogens (tertiary/aromatic N) is 1. The molecule has 1 unspecified atom stereocenters. The van der Waals surface area contributed by atoms with E-state index in [1.54, 1.807) is 4.90 Å². The Morgan fingerprint density at radius 1 is 1.13 bits per heavy atom. The van der Waals surface area contributed by atoms with Crippen LogP contribution in [0.3, 0.4) is 0 Å². The number of amides is 2. The van der Waals surface area contributed by atoms with Crippen LogP contribution in [-0.4, -0.2) is 43.4 Å². The summed E-state index contributed by atoms with van der Waals surface area (Å²) >= 11 is 0. The summed E-state index contributed by atoms with van der Waals surface area (Å²) in [5.74, 6) is 0.00869. The molecule has 0 radical (unpaired) electrons. The molecule has 0 aliphatic rings. The van der Waals surface area contributed by atoms with E-state index in [2.05, 4.69) is 10.6 Å². The summed E-state index contributed by atoms with van der Waals surface area (Å²) in [6.07, 6.45) is 0. The van der Waals surface area contributed by atoms with Gasteiger partial charge in [0.2, 0.25) is 5.91 Å². The largest absolute Gasteiger partial charge is 0.352 e. The van der Waals surface area contributed by atoms with Gasteiger partial charge in [-0.05, 0) is 38.6 Å². The highest BCUT2D eigenvalue weighted by atomic mass is 35.5. The Bertz CT molecular complexity index is 487. The monoisotopic (exact) mass is 341 g/mol. The average Bonchev–Trinajstić information content (AvgIpc) is 2.54. The fraction of sp³-hybridized carbons (Fsp3) is 0.529. The lowest BCUT2D eigenvalue weighted by atomic mass is 10.1. The first-order valence-electron chi connectivity index (χ1n) is 7.83. The third kappa shape index (κ3) is 6.59. The van der Waals surface area contributed by atoms with Gasteiger partial charge in [0.25, 0.3) is 5.91 Å². The highest BCUT2D eigenvalue weighted by Crippen LogP contribution is 2.08. The lowest BCUT2D eigenvalue weighted by Gasteiger charge is -2.18. The molecule has 0 aliphatic carbocycles. The minimum Gasteiger partial charge on any atom is -0.352 e. The molecule has 0 saturated carbocycles. The Balaban J connectivity index is 0.00000484. The van der Waals surface area contributed by atoms with E-state index in [4.69, 9.17) is 0 Å². The molecule has 130 valence electrons. The maximum Gasteiger partial charge on any atom is 0.253 e. The number of halogens is 1. The van der Waals surface area contributed by atoms with Crippen molar-refractivity contribution < 1.29 is 9.59 Å². The van der Waals surface area contributed by atoms with E-state index in [1.807, 2.05) is 52.1 Å². The zero-order chi connectivity index (χ0) is 16.5. The maximum absolute atomic E-state index is 12.2. The van der Waals surface area contributed by atoms with E-state index in [1.165, 1.54) is 0 Å². The van der Waals surface area contributed by atoms with E-state index >= 15 is 0 Å². The lowest BCUT2D eigenvalue weighted by Crippen LogP contribution is -2.34. The van der Waals surface area contributed by atoms with Crippen molar-refractivity contribution in [2.45, 2.75) is 27.3 Å². The molecule has 1 aromatic rings. The zero-order valence-corrected chi connectivity index (χ0v) is 15.2. The summed E-state index contributed by atoms with van der Waals surface area (Å²) in [5.41, 5.74) is 1.67. The zero-order valence-electron chi connectivity index (χ0n) is 14.4. The number of nitrogens with one attached hydrogen (secondary N) is 2. The van der Waals surface area contributed by atoms with Gasteiger partial charge in [-0.3, -0.25) is 9.59 Å². The smallest absolute Gasteiger partial charge is 0.253 e. The van der Waals surface area contributed by atoms with Gasteiger partial charge in [-0.2, -0.15) is 0 Å². The van der Waals surface area contributed by atoms with Gasteiger partial charge in [0.05, 0.1) is 0 Å². The number of rotatable bonds is 8. The van der Waals surface area contributed by atoms with E-state index in [-0.39, 0.29) is 30.1 Å². The van der Waals surface area contributed by atoms with Crippen LogP contribution in [0.4, 0.5) is 0 Å². The molecule has 2 amide bonds. The Hall–Kier alpha value is -1.59. The van der Waals surface area contributed by atoms with Gasteiger partial charge in [0.1, 0.15) is 0 Å². The maximum atomic E-state index is 12.2. The lowest BCUT2D eigenvalue weighted by molar-refractivity contribution is -0.124. The molecule has 0 spiro atoms. The standard InChI is InChI=1S/C17H27N3O2.ClH/c1-5-20(6-2)17(22)15-9-7-14(8-10-15)12-19-16(21)13(3)11-18-4;/h7-10,13,18H,5-6,11-12H2,1-4H3,(H,19,21);1H. The summed E-state index contributed by atoms with van der Waals surface area (Å²) in [6.45, 7) is 8.37. The molecule has 0 saturated heterocycles. The number of hydrogen-bond donors (Lipinski definition) is 2. The van der Waals surface area contributed by atoms with E-state index in [9.17, 15) is 9.59 Å². The minimum absolute atomic E-state index is 0. The molecule has 1 aromatic carbocycles. The van der Waals surface area contributed by atoms with Gasteiger partial charge >= 0.3 is 0 Å². The fourth-order valence-corrected chi connectivity index (χ4v) is 2.22. The van der Waals surface area contributed by atoms with Crippen LogP contribution in [0.2, 0.25) is 0 Å². The van der Waals surface area contributed by atoms with Crippen molar-refractivity contribution in [2.75, 3.05) is 26.7 Å². The fourth-order valence-electron chi connectivity index (χ4n) is 2.22. The minimum atomic E-state index is -0.0616. The SMILES string of the molecule is CCN(CC)C(=O)c1ccc(CNC(=O)C(C)CNC)cc1.Cl. The summed E-state index contributed by atoms with van der Waals surface area (Å²) in [4.78, 5) is 25.8. The second-order valence-electron chi connectivity index (χ2n) is 5.35. The van der Waals surface area contributed by atoms with Gasteiger partial charge in [-0.25, -0.2) is 0 Å². The normalized spacial score (nSPS) is 11.3. The second kappa shape index (κ2) is 11.0. The molecule has 0 fully saturated rings. The number of carbonyl (C=O) groups excluding carboxylic acids is 2. The topological polar surface area (TPSA) is 61.4 Å². The van der Waals surface area contributed by atoms with E-state index < -0.39 is 0 Å². The predicted octanol–water partition coefficient (Wildman–Crippen LogP) is 2.06. The Morgan fingerprint density at radius 2 is 1.70 bits per heavy atom. The molecule has 0 heterocycles. The predicted molar refractivity (Wildman–Crippen MR) is 95.9 cm³/mol. The molecule has 6 heteroatoms. The van der Waals surface area contributed by atoms with Crippen LogP contribution in [0.15, 0.2) is 24.3 Å². The van der Waals surface area contributed by atoms with Crippen LogP contribution < -0.4 is 10.6 Å². The van der Waals surface area contributed by atoms with Gasteiger partial charge in [-0.15, -0.1) is 12.4 Å². The van der Waals surface area contributed by atoms with Crippen molar-refractivity contribution in [3.8, 4) is 0 Å². The van der Waals surface area contributed by atoms with Gasteiger partial charge < -0.3 is 15.5 Å². The van der Waals surface area contributed by atoms with E-state index in [0.29, 0.717) is 31.7 Å². The number of carbonyl (C=O) groups is 2. The Labute approximate surface area is 145 Å². The number of benzene rings is 1. The van der Waals surface area contributed by atoms with Crippen LogP contribution in [-0.2, 0) is 11.3 Å². The van der Waals surface area contributed by atoms with Crippen LogP contribution in [0.1, 0.15) is 36.7 Å². The first kappa shape index (κ1) is 21.4. The Kier molecular flexibility index (Phi) is 10.3. The van der Waals surface area contributed by atoms with Crippen molar-refractivity contribution in [3.63, 3.8) is 0 Å². The third-order valence-electron chi connectivity index (χ3n) is 3.68. The molecular weight excluding hydrogens is 314 g/mol. The molecule has 2 N–H and O–H groups in total. The molecule has 23 heavy (non-hydrogen) atoms. The molecule has 0 bridgehead atoms. The van der Waals surface area contributed by atoms with Crippen molar-refractivity contribution in [1.29, 1.82) is 0 Å². The molecular formula is C17H28ClN3O2. The van der Waals surface area contributed by atoms with Crippen LogP contribution in [0.5, 0.6) is 0 Å². The van der Waals surface area contributed by atoms with Crippen molar-refractivity contribution >= 4 is 24.2 Å². The van der Waals surface area contributed by atoms with Gasteiger partial charge in [0, 0.05) is 37.7 Å². The third-order valence-corrected chi connectivity index (χ3v) is 3.68. The summed E-state index contributed by atoms with van der Waals surface area (Å²) < 4.78 is 0. The first-order valence-corrected chi connectivity index (χ1v) is 7.83. The van der Waals surface area contributed by atoms with Crippen molar-refractivity contribution in [2.24, 2.45) is 5.92 Å². The molecule has 0 aromatic heterocycles. The van der Waals surface area contributed by atoms with Gasteiger partial charge in [0.15, 0.2) is 0 Å². The summed E-state index contributed by atoms with van der Waals surface area (Å²) in [6, 6.07) is 7.41. The van der Waals surface area contributed by atoms with Gasteiger partial charge in [-0.1, -0.05) is 19.1 Å². The number of hydrogen-bond acceptors (Lipinski definition) is 3. The highest BCUT2D eigenvalue weighted by molar-refractivity contribution is 5.94. The molecule has 1 rings (SSSR count). The van der Waals surface area contributed by atoms with Crippen LogP contribution in [0.25, 0.3) is 0 Å². The first-order chi connectivity index (χ1) is 10.5. The summed E-state index contributed by atoms with van der Waals surface area (Å²) in [5, 5.41) is 5.89. The van der Waals surface area contributed by atoms with E-state index in [0.717, 1.165) is 5.56 Å². The van der Waals surface area contributed by atoms with Crippen LogP contribution >= 0.6 is 12.4 Å². The van der Waals surface area contributed by atoms with Crippen LogP contribution in [0, 0.1) is 5.92 Å². The summed E-state index contributed by atoms with van der Waals surface area (Å²) in [7, 11) is 1.83. The molecule has 0 aliphatic heterocycles.